The van der Waals surface area contributed by atoms with E-state index < -0.39 is 0 Å². The fourth-order valence-electron chi connectivity index (χ4n) is 3.62. The highest BCUT2D eigenvalue weighted by atomic mass is 16.2. The molecule has 0 aliphatic carbocycles. The molecule has 3 heterocycles. The summed E-state index contributed by atoms with van der Waals surface area (Å²) in [5, 5.41) is 4.40. The van der Waals surface area contributed by atoms with Crippen LogP contribution in [0.5, 0.6) is 0 Å². The summed E-state index contributed by atoms with van der Waals surface area (Å²) in [5.74, 6) is 0.0868. The van der Waals surface area contributed by atoms with Gasteiger partial charge in [-0.15, -0.1) is 0 Å². The molecule has 1 aliphatic rings. The van der Waals surface area contributed by atoms with Crippen molar-refractivity contribution in [2.24, 2.45) is 0 Å². The maximum Gasteiger partial charge on any atom is 0.252 e. The molecule has 3 aromatic rings. The van der Waals surface area contributed by atoms with E-state index in [4.69, 9.17) is 0 Å². The third kappa shape index (κ3) is 2.99. The van der Waals surface area contributed by atoms with Gasteiger partial charge in [-0.05, 0) is 29.1 Å². The van der Waals surface area contributed by atoms with E-state index >= 15 is 0 Å². The molecule has 0 radical (unpaired) electrons. The predicted molar refractivity (Wildman–Crippen MR) is 99.6 cm³/mol. The number of amides is 1. The number of fused-ring (bicyclic) bond motifs is 1. The minimum atomic E-state index is -0.105. The van der Waals surface area contributed by atoms with Crippen LogP contribution in [-0.4, -0.2) is 33.9 Å². The van der Waals surface area contributed by atoms with Crippen LogP contribution < -0.4 is 10.9 Å². The average molecular weight is 348 g/mol. The smallest absolute Gasteiger partial charge is 0.252 e. The molecule has 0 saturated carbocycles. The second-order valence-corrected chi connectivity index (χ2v) is 6.64. The van der Waals surface area contributed by atoms with Crippen LogP contribution in [0.2, 0.25) is 0 Å². The Bertz CT molecular complexity index is 999. The van der Waals surface area contributed by atoms with Crippen LogP contribution in [0.25, 0.3) is 10.9 Å². The van der Waals surface area contributed by atoms with Crippen LogP contribution >= 0.6 is 0 Å². The summed E-state index contributed by atoms with van der Waals surface area (Å²) in [7, 11) is 1.81. The lowest BCUT2D eigenvalue weighted by atomic mass is 10.0. The Kier molecular flexibility index (Phi) is 4.26. The summed E-state index contributed by atoms with van der Waals surface area (Å²) in [4.78, 5) is 33.4. The topological polar surface area (TPSA) is 78.1 Å². The number of benzene rings is 1. The number of H-pyrrole nitrogens is 1. The average Bonchev–Trinajstić information content (AvgIpc) is 2.94. The van der Waals surface area contributed by atoms with Gasteiger partial charge >= 0.3 is 0 Å². The van der Waals surface area contributed by atoms with Gasteiger partial charge in [0.2, 0.25) is 5.91 Å². The second-order valence-electron chi connectivity index (χ2n) is 6.64. The molecule has 2 atom stereocenters. The molecule has 0 bridgehead atoms. The summed E-state index contributed by atoms with van der Waals surface area (Å²) in [6.45, 7) is 0.405. The maximum atomic E-state index is 12.3. The van der Waals surface area contributed by atoms with Crippen molar-refractivity contribution < 1.29 is 4.79 Å². The minimum Gasteiger partial charge on any atom is -0.337 e. The lowest BCUT2D eigenvalue weighted by Crippen LogP contribution is -2.36. The lowest BCUT2D eigenvalue weighted by molar-refractivity contribution is -0.127. The quantitative estimate of drug-likeness (QED) is 0.756. The first-order valence-corrected chi connectivity index (χ1v) is 8.63. The Balaban J connectivity index is 1.58. The number of aromatic amines is 1. The number of carbonyl (C=O) groups excluding carboxylic acids is 1. The molecule has 2 N–H and O–H groups in total. The zero-order valence-corrected chi connectivity index (χ0v) is 14.5. The maximum absolute atomic E-state index is 12.3. The van der Waals surface area contributed by atoms with Crippen molar-refractivity contribution in [3.63, 3.8) is 0 Å². The van der Waals surface area contributed by atoms with Crippen LogP contribution in [0, 0.1) is 0 Å². The molecule has 1 aromatic carbocycles. The van der Waals surface area contributed by atoms with Gasteiger partial charge in [-0.25, -0.2) is 0 Å². The number of rotatable bonds is 4. The fraction of sp³-hybridized carbons (Fsp3) is 0.250. The van der Waals surface area contributed by atoms with Crippen LogP contribution in [-0.2, 0) is 11.3 Å². The molecule has 0 unspecified atom stereocenters. The first kappa shape index (κ1) is 16.5. The monoisotopic (exact) mass is 348 g/mol. The number of hydrogen-bond donors (Lipinski definition) is 2. The van der Waals surface area contributed by atoms with E-state index in [0.717, 1.165) is 16.5 Å². The summed E-state index contributed by atoms with van der Waals surface area (Å²) in [5.41, 5.74) is 2.37. The Morgan fingerprint density at radius 1 is 1.23 bits per heavy atom. The van der Waals surface area contributed by atoms with Crippen LogP contribution in [0.1, 0.15) is 23.6 Å². The van der Waals surface area contributed by atoms with Gasteiger partial charge in [0.1, 0.15) is 0 Å². The van der Waals surface area contributed by atoms with Crippen LogP contribution in [0.4, 0.5) is 0 Å². The van der Waals surface area contributed by atoms with Crippen molar-refractivity contribution in [3.05, 3.63) is 76.3 Å². The van der Waals surface area contributed by atoms with Gasteiger partial charge in [0, 0.05) is 49.5 Å². The summed E-state index contributed by atoms with van der Waals surface area (Å²) < 4.78 is 0. The number of hydrogen-bond acceptors (Lipinski definition) is 4. The third-order valence-corrected chi connectivity index (χ3v) is 5.00. The minimum absolute atomic E-state index is 0.0671. The molecule has 6 heteroatoms. The SMILES string of the molecule is CN1C(=O)C[C@@H](NCc2cc3ccccc3[nH]c2=O)[C@@H]1c1cccnc1. The van der Waals surface area contributed by atoms with E-state index in [1.165, 1.54) is 0 Å². The highest BCUT2D eigenvalue weighted by Gasteiger charge is 2.38. The molecule has 0 spiro atoms. The molecule has 2 aromatic heterocycles. The number of pyridine rings is 2. The van der Waals surface area contributed by atoms with Crippen molar-refractivity contribution >= 4 is 16.8 Å². The molecule has 1 saturated heterocycles. The predicted octanol–water partition coefficient (Wildman–Crippen LogP) is 1.98. The van der Waals surface area contributed by atoms with Gasteiger partial charge in [0.25, 0.3) is 5.56 Å². The zero-order valence-electron chi connectivity index (χ0n) is 14.5. The van der Waals surface area contributed by atoms with E-state index in [-0.39, 0.29) is 23.6 Å². The molecule has 132 valence electrons. The lowest BCUT2D eigenvalue weighted by Gasteiger charge is -2.25. The highest BCUT2D eigenvalue weighted by Crippen LogP contribution is 2.31. The van der Waals surface area contributed by atoms with Crippen molar-refractivity contribution in [2.75, 3.05) is 7.05 Å². The van der Waals surface area contributed by atoms with Crippen molar-refractivity contribution in [1.29, 1.82) is 0 Å². The molecule has 1 aliphatic heterocycles. The highest BCUT2D eigenvalue weighted by molar-refractivity contribution is 5.80. The van der Waals surface area contributed by atoms with E-state index in [1.807, 2.05) is 49.5 Å². The molecular weight excluding hydrogens is 328 g/mol. The standard InChI is InChI=1S/C20H20N4O2/c1-24-18(25)10-17(19(24)14-6-4-8-21-11-14)22-12-15-9-13-5-2-3-7-16(13)23-20(15)26/h2-9,11,17,19,22H,10,12H2,1H3,(H,23,26)/t17-,19+/m1/s1. The fourth-order valence-corrected chi connectivity index (χ4v) is 3.62. The van der Waals surface area contributed by atoms with Crippen molar-refractivity contribution in [1.82, 2.24) is 20.2 Å². The van der Waals surface area contributed by atoms with Crippen LogP contribution in [0.15, 0.2) is 59.7 Å². The molecule has 4 rings (SSSR count). The van der Waals surface area contributed by atoms with Crippen LogP contribution in [0.3, 0.4) is 0 Å². The van der Waals surface area contributed by atoms with E-state index in [0.29, 0.717) is 18.5 Å². The summed E-state index contributed by atoms with van der Waals surface area (Å²) in [6, 6.07) is 13.3. The van der Waals surface area contributed by atoms with Crippen molar-refractivity contribution in [2.45, 2.75) is 25.0 Å². The van der Waals surface area contributed by atoms with Gasteiger partial charge in [0.15, 0.2) is 0 Å². The number of likely N-dealkylation sites (N-methyl/N-ethyl adjacent to an activating group) is 1. The van der Waals surface area contributed by atoms with E-state index in [2.05, 4.69) is 15.3 Å². The second kappa shape index (κ2) is 6.72. The van der Waals surface area contributed by atoms with E-state index in [9.17, 15) is 9.59 Å². The normalized spacial score (nSPS) is 20.0. The summed E-state index contributed by atoms with van der Waals surface area (Å²) in [6.07, 6.45) is 3.91. The third-order valence-electron chi connectivity index (χ3n) is 5.00. The zero-order chi connectivity index (χ0) is 18.1. The Labute approximate surface area is 150 Å². The first-order valence-electron chi connectivity index (χ1n) is 8.63. The molecular formula is C20H20N4O2. The number of nitrogens with zero attached hydrogens (tertiary/aromatic N) is 2. The van der Waals surface area contributed by atoms with Gasteiger partial charge < -0.3 is 15.2 Å². The Morgan fingerprint density at radius 3 is 2.88 bits per heavy atom. The molecule has 6 nitrogen and oxygen atoms in total. The van der Waals surface area contributed by atoms with Gasteiger partial charge in [0.05, 0.1) is 6.04 Å². The number of nitrogens with one attached hydrogen (secondary N) is 2. The molecule has 1 fully saturated rings. The van der Waals surface area contributed by atoms with E-state index in [1.54, 1.807) is 17.3 Å². The largest absolute Gasteiger partial charge is 0.337 e. The van der Waals surface area contributed by atoms with Gasteiger partial charge in [-0.1, -0.05) is 24.3 Å². The number of carbonyl (C=O) groups is 1. The molecule has 26 heavy (non-hydrogen) atoms. The van der Waals surface area contributed by atoms with Gasteiger partial charge in [-0.2, -0.15) is 0 Å². The van der Waals surface area contributed by atoms with Crippen molar-refractivity contribution in [3.8, 4) is 0 Å². The number of para-hydroxylation sites is 1. The van der Waals surface area contributed by atoms with Gasteiger partial charge in [-0.3, -0.25) is 14.6 Å². The first-order chi connectivity index (χ1) is 12.6. The Morgan fingerprint density at radius 2 is 2.08 bits per heavy atom. The Hall–Kier alpha value is -2.99. The number of aromatic nitrogens is 2. The number of likely N-dealkylation sites (tertiary alicyclic amines) is 1. The molecule has 1 amide bonds. The summed E-state index contributed by atoms with van der Waals surface area (Å²) >= 11 is 0.